The highest BCUT2D eigenvalue weighted by atomic mass is 16.5. The van der Waals surface area contributed by atoms with E-state index in [9.17, 15) is 0 Å². The first-order valence-electron chi connectivity index (χ1n) is 5.95. The first-order chi connectivity index (χ1) is 8.49. The fourth-order valence-corrected chi connectivity index (χ4v) is 1.81. The Labute approximate surface area is 108 Å². The Morgan fingerprint density at radius 3 is 2.56 bits per heavy atom. The molecule has 2 rings (SSSR count). The summed E-state index contributed by atoms with van der Waals surface area (Å²) < 4.78 is 5.38. The van der Waals surface area contributed by atoms with E-state index in [2.05, 4.69) is 36.1 Å². The SMILES string of the molecule is C=C(C)Nc1cc(-c2onc(C)c2C)ccc1C. The molecule has 0 bridgehead atoms. The third-order valence-corrected chi connectivity index (χ3v) is 3.00. The van der Waals surface area contributed by atoms with Crippen LogP contribution < -0.4 is 5.32 Å². The second kappa shape index (κ2) is 4.69. The monoisotopic (exact) mass is 242 g/mol. The first kappa shape index (κ1) is 12.4. The van der Waals surface area contributed by atoms with Crippen LogP contribution in [-0.4, -0.2) is 5.16 Å². The number of benzene rings is 1. The quantitative estimate of drug-likeness (QED) is 0.876. The summed E-state index contributed by atoms with van der Waals surface area (Å²) in [4.78, 5) is 0. The molecule has 0 spiro atoms. The van der Waals surface area contributed by atoms with E-state index >= 15 is 0 Å². The van der Waals surface area contributed by atoms with Gasteiger partial charge in [-0.15, -0.1) is 0 Å². The maximum absolute atomic E-state index is 5.38. The van der Waals surface area contributed by atoms with Gasteiger partial charge in [-0.2, -0.15) is 0 Å². The molecule has 0 amide bonds. The number of rotatable bonds is 3. The Balaban J connectivity index is 2.47. The zero-order valence-electron chi connectivity index (χ0n) is 11.3. The highest BCUT2D eigenvalue weighted by molar-refractivity contribution is 5.69. The van der Waals surface area contributed by atoms with Gasteiger partial charge in [0.2, 0.25) is 0 Å². The maximum Gasteiger partial charge on any atom is 0.170 e. The van der Waals surface area contributed by atoms with Gasteiger partial charge in [0.15, 0.2) is 5.76 Å². The van der Waals surface area contributed by atoms with Crippen LogP contribution in [0.2, 0.25) is 0 Å². The zero-order chi connectivity index (χ0) is 13.3. The van der Waals surface area contributed by atoms with Crippen LogP contribution >= 0.6 is 0 Å². The Bertz CT molecular complexity index is 597. The summed E-state index contributed by atoms with van der Waals surface area (Å²) in [5.41, 5.74) is 6.19. The molecule has 0 fully saturated rings. The van der Waals surface area contributed by atoms with E-state index in [4.69, 9.17) is 4.52 Å². The largest absolute Gasteiger partial charge is 0.359 e. The number of aromatic nitrogens is 1. The maximum atomic E-state index is 5.38. The number of aryl methyl sites for hydroxylation is 2. The molecule has 1 heterocycles. The highest BCUT2D eigenvalue weighted by Crippen LogP contribution is 2.29. The van der Waals surface area contributed by atoms with Crippen molar-refractivity contribution in [2.24, 2.45) is 0 Å². The van der Waals surface area contributed by atoms with Gasteiger partial charge in [0.1, 0.15) is 0 Å². The molecule has 1 aromatic heterocycles. The van der Waals surface area contributed by atoms with Gasteiger partial charge in [0.05, 0.1) is 5.69 Å². The molecule has 0 radical (unpaired) electrons. The average Bonchev–Trinajstić information content (AvgIpc) is 2.63. The molecule has 0 aliphatic rings. The van der Waals surface area contributed by atoms with Gasteiger partial charge in [-0.25, -0.2) is 0 Å². The van der Waals surface area contributed by atoms with Crippen LogP contribution in [0.15, 0.2) is 35.0 Å². The van der Waals surface area contributed by atoms with Crippen molar-refractivity contribution in [1.29, 1.82) is 0 Å². The minimum Gasteiger partial charge on any atom is -0.359 e. The van der Waals surface area contributed by atoms with Gasteiger partial charge in [-0.3, -0.25) is 0 Å². The summed E-state index contributed by atoms with van der Waals surface area (Å²) in [6.07, 6.45) is 0. The van der Waals surface area contributed by atoms with Crippen molar-refractivity contribution in [2.45, 2.75) is 27.7 Å². The van der Waals surface area contributed by atoms with Crippen molar-refractivity contribution in [2.75, 3.05) is 5.32 Å². The lowest BCUT2D eigenvalue weighted by molar-refractivity contribution is 0.427. The molecule has 0 unspecified atom stereocenters. The third-order valence-electron chi connectivity index (χ3n) is 3.00. The summed E-state index contributed by atoms with van der Waals surface area (Å²) in [5, 5.41) is 7.25. The lowest BCUT2D eigenvalue weighted by Gasteiger charge is -2.10. The molecular formula is C15H18N2O. The minimum atomic E-state index is 0.831. The predicted octanol–water partition coefficient (Wildman–Crippen LogP) is 4.21. The van der Waals surface area contributed by atoms with Crippen LogP contribution in [0, 0.1) is 20.8 Å². The molecule has 1 aromatic carbocycles. The van der Waals surface area contributed by atoms with Crippen LogP contribution in [0.1, 0.15) is 23.7 Å². The van der Waals surface area contributed by atoms with Crippen LogP contribution in [0.3, 0.4) is 0 Å². The molecule has 2 aromatic rings. The Morgan fingerprint density at radius 1 is 1.28 bits per heavy atom. The van der Waals surface area contributed by atoms with Gasteiger partial charge < -0.3 is 9.84 Å². The fraction of sp³-hybridized carbons (Fsp3) is 0.267. The third kappa shape index (κ3) is 2.30. The number of hydrogen-bond acceptors (Lipinski definition) is 3. The van der Waals surface area contributed by atoms with Crippen molar-refractivity contribution in [3.05, 3.63) is 47.3 Å². The lowest BCUT2D eigenvalue weighted by atomic mass is 10.0. The Hall–Kier alpha value is -2.03. The van der Waals surface area contributed by atoms with E-state index in [1.807, 2.05) is 26.8 Å². The standard InChI is InChI=1S/C15H18N2O/c1-9(2)16-14-8-13(7-6-10(14)3)15-11(4)12(5)17-18-15/h6-8,16H,1H2,2-5H3. The van der Waals surface area contributed by atoms with Gasteiger partial charge in [-0.05, 0) is 39.3 Å². The van der Waals surface area contributed by atoms with Crippen LogP contribution in [0.4, 0.5) is 5.69 Å². The van der Waals surface area contributed by atoms with Crippen molar-refractivity contribution in [3.63, 3.8) is 0 Å². The molecular weight excluding hydrogens is 224 g/mol. The zero-order valence-corrected chi connectivity index (χ0v) is 11.3. The molecule has 94 valence electrons. The van der Waals surface area contributed by atoms with E-state index in [0.29, 0.717) is 0 Å². The molecule has 1 N–H and O–H groups in total. The molecule has 3 heteroatoms. The van der Waals surface area contributed by atoms with Crippen LogP contribution in [0.5, 0.6) is 0 Å². The molecule has 0 aliphatic heterocycles. The van der Waals surface area contributed by atoms with Crippen molar-refractivity contribution < 1.29 is 4.52 Å². The minimum absolute atomic E-state index is 0.831. The van der Waals surface area contributed by atoms with Gasteiger partial charge in [0.25, 0.3) is 0 Å². The van der Waals surface area contributed by atoms with Gasteiger partial charge in [0, 0.05) is 22.5 Å². The van der Waals surface area contributed by atoms with Gasteiger partial charge in [-0.1, -0.05) is 23.9 Å². The number of hydrogen-bond donors (Lipinski definition) is 1. The van der Waals surface area contributed by atoms with E-state index < -0.39 is 0 Å². The molecule has 0 saturated heterocycles. The van der Waals surface area contributed by atoms with E-state index in [0.717, 1.165) is 34.0 Å². The van der Waals surface area contributed by atoms with Crippen molar-refractivity contribution in [3.8, 4) is 11.3 Å². The summed E-state index contributed by atoms with van der Waals surface area (Å²) >= 11 is 0. The van der Waals surface area contributed by atoms with Crippen molar-refractivity contribution >= 4 is 5.69 Å². The van der Waals surface area contributed by atoms with Gasteiger partial charge >= 0.3 is 0 Å². The van der Waals surface area contributed by atoms with Crippen LogP contribution in [0.25, 0.3) is 11.3 Å². The average molecular weight is 242 g/mol. The second-order valence-corrected chi connectivity index (χ2v) is 4.66. The fourth-order valence-electron chi connectivity index (χ4n) is 1.81. The van der Waals surface area contributed by atoms with E-state index in [1.165, 1.54) is 5.56 Å². The smallest absolute Gasteiger partial charge is 0.170 e. The molecule has 18 heavy (non-hydrogen) atoms. The van der Waals surface area contributed by atoms with Crippen molar-refractivity contribution in [1.82, 2.24) is 5.16 Å². The summed E-state index contributed by atoms with van der Waals surface area (Å²) in [7, 11) is 0. The predicted molar refractivity (Wildman–Crippen MR) is 74.6 cm³/mol. The molecule has 0 aliphatic carbocycles. The number of nitrogens with one attached hydrogen (secondary N) is 1. The second-order valence-electron chi connectivity index (χ2n) is 4.66. The number of nitrogens with zero attached hydrogens (tertiary/aromatic N) is 1. The number of allylic oxidation sites excluding steroid dienone is 1. The summed E-state index contributed by atoms with van der Waals surface area (Å²) in [5.74, 6) is 0.831. The topological polar surface area (TPSA) is 38.1 Å². The van der Waals surface area contributed by atoms with E-state index in [1.54, 1.807) is 0 Å². The van der Waals surface area contributed by atoms with Crippen LogP contribution in [-0.2, 0) is 0 Å². The molecule has 0 saturated carbocycles. The highest BCUT2D eigenvalue weighted by Gasteiger charge is 2.12. The molecule has 0 atom stereocenters. The lowest BCUT2D eigenvalue weighted by Crippen LogP contribution is -1.96. The Kier molecular flexibility index (Phi) is 3.24. The summed E-state index contributed by atoms with van der Waals surface area (Å²) in [6, 6.07) is 6.18. The molecule has 3 nitrogen and oxygen atoms in total. The first-order valence-corrected chi connectivity index (χ1v) is 5.95. The van der Waals surface area contributed by atoms with E-state index in [-0.39, 0.29) is 0 Å². The normalized spacial score (nSPS) is 10.4. The summed E-state index contributed by atoms with van der Waals surface area (Å²) in [6.45, 7) is 11.8. The Morgan fingerprint density at radius 2 is 2.00 bits per heavy atom. The number of anilines is 1.